The van der Waals surface area contributed by atoms with Gasteiger partial charge in [-0.2, -0.15) is 0 Å². The maximum atomic E-state index is 10.5. The molecular formula is C10H13BrO2S. The molecule has 0 bridgehead atoms. The fourth-order valence-corrected chi connectivity index (χ4v) is 3.69. The van der Waals surface area contributed by atoms with Gasteiger partial charge in [-0.05, 0) is 40.2 Å². The molecule has 0 aromatic carbocycles. The van der Waals surface area contributed by atoms with E-state index in [-0.39, 0.29) is 0 Å². The van der Waals surface area contributed by atoms with Crippen molar-refractivity contribution in [2.75, 3.05) is 13.2 Å². The molecule has 2 nitrogen and oxygen atoms in total. The Bertz CT molecular complexity index is 303. The van der Waals surface area contributed by atoms with Gasteiger partial charge < -0.3 is 9.84 Å². The van der Waals surface area contributed by atoms with E-state index in [9.17, 15) is 5.11 Å². The molecule has 2 heterocycles. The lowest BCUT2D eigenvalue weighted by Gasteiger charge is -2.25. The van der Waals surface area contributed by atoms with E-state index < -0.39 is 5.60 Å². The Morgan fingerprint density at radius 1 is 1.43 bits per heavy atom. The number of halogens is 1. The lowest BCUT2D eigenvalue weighted by molar-refractivity contribution is 0.0172. The molecule has 1 aromatic rings. The zero-order valence-electron chi connectivity index (χ0n) is 7.83. The molecule has 1 aromatic heterocycles. The fraction of sp³-hybridized carbons (Fsp3) is 0.600. The number of rotatable bonds is 1. The van der Waals surface area contributed by atoms with Gasteiger partial charge in [-0.25, -0.2) is 0 Å². The van der Waals surface area contributed by atoms with E-state index in [1.807, 2.05) is 11.4 Å². The highest BCUT2D eigenvalue weighted by molar-refractivity contribution is 9.10. The average molecular weight is 277 g/mol. The van der Waals surface area contributed by atoms with E-state index in [4.69, 9.17) is 4.74 Å². The molecule has 0 saturated carbocycles. The zero-order chi connectivity index (χ0) is 10.0. The van der Waals surface area contributed by atoms with Gasteiger partial charge in [0, 0.05) is 24.1 Å². The summed E-state index contributed by atoms with van der Waals surface area (Å²) < 4.78 is 6.38. The fourth-order valence-electron chi connectivity index (χ4n) is 1.79. The first-order valence-corrected chi connectivity index (χ1v) is 6.43. The molecule has 2 rings (SSSR count). The van der Waals surface area contributed by atoms with Crippen LogP contribution in [0.15, 0.2) is 15.9 Å². The first-order valence-electron chi connectivity index (χ1n) is 4.76. The largest absolute Gasteiger partial charge is 0.384 e. The lowest BCUT2D eigenvalue weighted by atomic mass is 9.93. The smallest absolute Gasteiger partial charge is 0.102 e. The molecule has 0 aliphatic carbocycles. The Balaban J connectivity index is 2.25. The van der Waals surface area contributed by atoms with Gasteiger partial charge in [-0.1, -0.05) is 0 Å². The molecule has 1 fully saturated rings. The third kappa shape index (κ3) is 2.03. The van der Waals surface area contributed by atoms with Crippen LogP contribution >= 0.6 is 27.3 Å². The Hall–Kier alpha value is 0.1000. The summed E-state index contributed by atoms with van der Waals surface area (Å²) in [4.78, 5) is 1.04. The van der Waals surface area contributed by atoms with Crippen molar-refractivity contribution in [1.82, 2.24) is 0 Å². The monoisotopic (exact) mass is 276 g/mol. The van der Waals surface area contributed by atoms with Gasteiger partial charge in [-0.15, -0.1) is 11.3 Å². The summed E-state index contributed by atoms with van der Waals surface area (Å²) in [6.07, 6.45) is 2.43. The first-order chi connectivity index (χ1) is 6.72. The second-order valence-corrected chi connectivity index (χ2v) is 5.37. The minimum atomic E-state index is -0.677. The van der Waals surface area contributed by atoms with Crippen LogP contribution in [0.3, 0.4) is 0 Å². The van der Waals surface area contributed by atoms with Crippen LogP contribution in [0.4, 0.5) is 0 Å². The topological polar surface area (TPSA) is 29.5 Å². The highest BCUT2D eigenvalue weighted by Crippen LogP contribution is 2.39. The Morgan fingerprint density at radius 2 is 2.29 bits per heavy atom. The molecule has 1 aliphatic heterocycles. The minimum absolute atomic E-state index is 0.654. The van der Waals surface area contributed by atoms with Crippen molar-refractivity contribution in [3.8, 4) is 0 Å². The van der Waals surface area contributed by atoms with Gasteiger partial charge in [0.15, 0.2) is 0 Å². The number of thiophene rings is 1. The van der Waals surface area contributed by atoms with E-state index in [1.54, 1.807) is 11.3 Å². The highest BCUT2D eigenvalue weighted by Gasteiger charge is 2.33. The summed E-state index contributed by atoms with van der Waals surface area (Å²) in [5, 5.41) is 12.5. The predicted molar refractivity (Wildman–Crippen MR) is 60.6 cm³/mol. The molecule has 1 saturated heterocycles. The molecule has 1 N–H and O–H groups in total. The van der Waals surface area contributed by atoms with Crippen LogP contribution in [0.5, 0.6) is 0 Å². The van der Waals surface area contributed by atoms with E-state index in [0.29, 0.717) is 13.0 Å². The summed E-state index contributed by atoms with van der Waals surface area (Å²) in [6, 6.07) is 1.99. The third-order valence-electron chi connectivity index (χ3n) is 2.58. The predicted octanol–water partition coefficient (Wildman–Crippen LogP) is 2.90. The maximum Gasteiger partial charge on any atom is 0.102 e. The molecule has 14 heavy (non-hydrogen) atoms. The molecule has 1 atom stereocenters. The van der Waals surface area contributed by atoms with Crippen LogP contribution in [-0.2, 0) is 10.3 Å². The van der Waals surface area contributed by atoms with Gasteiger partial charge in [-0.3, -0.25) is 0 Å². The van der Waals surface area contributed by atoms with Gasteiger partial charge >= 0.3 is 0 Å². The summed E-state index contributed by atoms with van der Waals surface area (Å²) in [5.74, 6) is 0. The maximum absolute atomic E-state index is 10.5. The van der Waals surface area contributed by atoms with E-state index >= 15 is 0 Å². The highest BCUT2D eigenvalue weighted by atomic mass is 79.9. The molecule has 0 radical (unpaired) electrons. The summed E-state index contributed by atoms with van der Waals surface area (Å²) in [5.41, 5.74) is -0.677. The molecule has 1 unspecified atom stereocenters. The lowest BCUT2D eigenvalue weighted by Crippen LogP contribution is -2.25. The normalized spacial score (nSPS) is 28.7. The average Bonchev–Trinajstić information content (AvgIpc) is 2.46. The van der Waals surface area contributed by atoms with Gasteiger partial charge in [0.2, 0.25) is 0 Å². The Morgan fingerprint density at radius 3 is 3.00 bits per heavy atom. The van der Waals surface area contributed by atoms with Crippen molar-refractivity contribution in [3.63, 3.8) is 0 Å². The van der Waals surface area contributed by atoms with Crippen molar-refractivity contribution >= 4 is 27.3 Å². The van der Waals surface area contributed by atoms with Crippen LogP contribution in [0, 0.1) is 0 Å². The first kappa shape index (κ1) is 10.6. The SMILES string of the molecule is OC1(c2sccc2Br)CCCOCC1. The summed E-state index contributed by atoms with van der Waals surface area (Å²) in [6.45, 7) is 1.42. The van der Waals surface area contributed by atoms with Gasteiger partial charge in [0.1, 0.15) is 5.60 Å². The molecule has 78 valence electrons. The van der Waals surface area contributed by atoms with Crippen molar-refractivity contribution in [1.29, 1.82) is 0 Å². The van der Waals surface area contributed by atoms with Crippen molar-refractivity contribution < 1.29 is 9.84 Å². The third-order valence-corrected chi connectivity index (χ3v) is 4.61. The Kier molecular flexibility index (Phi) is 3.27. The summed E-state index contributed by atoms with van der Waals surface area (Å²) >= 11 is 5.08. The second kappa shape index (κ2) is 4.31. The standard InChI is InChI=1S/C10H13BrO2S/c11-8-2-7-14-9(8)10(12)3-1-5-13-6-4-10/h2,7,12H,1,3-6H2. The second-order valence-electron chi connectivity index (χ2n) is 3.60. The molecule has 4 heteroatoms. The van der Waals surface area contributed by atoms with E-state index in [1.165, 1.54) is 0 Å². The van der Waals surface area contributed by atoms with Crippen LogP contribution in [-0.4, -0.2) is 18.3 Å². The molecule has 1 aliphatic rings. The minimum Gasteiger partial charge on any atom is -0.384 e. The molecular weight excluding hydrogens is 264 g/mol. The van der Waals surface area contributed by atoms with Crippen LogP contribution in [0.25, 0.3) is 0 Å². The number of hydrogen-bond donors (Lipinski definition) is 1. The number of hydrogen-bond acceptors (Lipinski definition) is 3. The zero-order valence-corrected chi connectivity index (χ0v) is 10.2. The van der Waals surface area contributed by atoms with Crippen molar-refractivity contribution in [2.45, 2.75) is 24.9 Å². The van der Waals surface area contributed by atoms with Crippen LogP contribution in [0.2, 0.25) is 0 Å². The number of ether oxygens (including phenoxy) is 1. The van der Waals surface area contributed by atoms with Crippen molar-refractivity contribution in [3.05, 3.63) is 20.8 Å². The van der Waals surface area contributed by atoms with Gasteiger partial charge in [0.25, 0.3) is 0 Å². The quantitative estimate of drug-likeness (QED) is 0.855. The van der Waals surface area contributed by atoms with Crippen molar-refractivity contribution in [2.24, 2.45) is 0 Å². The van der Waals surface area contributed by atoms with Crippen LogP contribution < -0.4 is 0 Å². The number of aliphatic hydroxyl groups is 1. The van der Waals surface area contributed by atoms with E-state index in [0.717, 1.165) is 28.8 Å². The molecule has 0 amide bonds. The van der Waals surface area contributed by atoms with Crippen LogP contribution in [0.1, 0.15) is 24.1 Å². The van der Waals surface area contributed by atoms with Gasteiger partial charge in [0.05, 0.1) is 4.88 Å². The Labute approximate surface area is 96.0 Å². The summed E-state index contributed by atoms with van der Waals surface area (Å²) in [7, 11) is 0. The van der Waals surface area contributed by atoms with E-state index in [2.05, 4.69) is 15.9 Å². The molecule has 0 spiro atoms.